The summed E-state index contributed by atoms with van der Waals surface area (Å²) in [6.45, 7) is 6.76. The van der Waals surface area contributed by atoms with Crippen LogP contribution in [0, 0.1) is 18.3 Å². The minimum absolute atomic E-state index is 0.538. The standard InChI is InChI=1S/C27H28N10/c1-19-15-34(3)32-25(19)18-35-6-8-36(9-7-35)26-5-4-20(12-29-26)24-10-21(23-14-30-33(2)16-23)17-37-27(24)22(11-28)13-31-37/h4-5,10,12-17H,6-9,18H2,1-3H3. The first-order chi connectivity index (χ1) is 18.0. The second-order valence-electron chi connectivity index (χ2n) is 9.61. The van der Waals surface area contributed by atoms with Crippen LogP contribution < -0.4 is 4.90 Å². The van der Waals surface area contributed by atoms with E-state index in [1.165, 1.54) is 5.56 Å². The minimum Gasteiger partial charge on any atom is -0.354 e. The molecule has 37 heavy (non-hydrogen) atoms. The zero-order valence-electron chi connectivity index (χ0n) is 21.2. The van der Waals surface area contributed by atoms with Gasteiger partial charge in [-0.3, -0.25) is 14.3 Å². The summed E-state index contributed by atoms with van der Waals surface area (Å²) >= 11 is 0. The number of aryl methyl sites for hydroxylation is 3. The summed E-state index contributed by atoms with van der Waals surface area (Å²) in [5, 5.41) is 23.0. The number of fused-ring (bicyclic) bond motifs is 1. The van der Waals surface area contributed by atoms with Crippen LogP contribution >= 0.6 is 0 Å². The molecule has 0 unspecified atom stereocenters. The van der Waals surface area contributed by atoms with Crippen molar-refractivity contribution < 1.29 is 0 Å². The number of piperazine rings is 1. The largest absolute Gasteiger partial charge is 0.354 e. The fourth-order valence-corrected chi connectivity index (χ4v) is 5.04. The summed E-state index contributed by atoms with van der Waals surface area (Å²) in [6, 6.07) is 8.52. The minimum atomic E-state index is 0.538. The van der Waals surface area contributed by atoms with Gasteiger partial charge in [0.2, 0.25) is 0 Å². The van der Waals surface area contributed by atoms with Crippen LogP contribution in [0.25, 0.3) is 27.8 Å². The molecular formula is C27H28N10. The molecule has 1 aliphatic rings. The van der Waals surface area contributed by atoms with E-state index in [0.29, 0.717) is 5.56 Å². The molecule has 1 saturated heterocycles. The predicted molar refractivity (Wildman–Crippen MR) is 141 cm³/mol. The fraction of sp³-hybridized carbons (Fsp3) is 0.296. The smallest absolute Gasteiger partial charge is 0.128 e. The number of rotatable bonds is 5. The van der Waals surface area contributed by atoms with Gasteiger partial charge < -0.3 is 4.90 Å². The zero-order chi connectivity index (χ0) is 25.5. The van der Waals surface area contributed by atoms with E-state index in [1.54, 1.807) is 15.4 Å². The zero-order valence-corrected chi connectivity index (χ0v) is 21.2. The van der Waals surface area contributed by atoms with Gasteiger partial charge in [0.15, 0.2) is 0 Å². The number of nitrogens with zero attached hydrogens (tertiary/aromatic N) is 10. The maximum Gasteiger partial charge on any atom is 0.128 e. The molecule has 10 nitrogen and oxygen atoms in total. The first-order valence-electron chi connectivity index (χ1n) is 12.3. The van der Waals surface area contributed by atoms with Crippen molar-refractivity contribution in [2.45, 2.75) is 13.5 Å². The van der Waals surface area contributed by atoms with Gasteiger partial charge in [-0.25, -0.2) is 9.50 Å². The van der Waals surface area contributed by atoms with Crippen LogP contribution in [0.2, 0.25) is 0 Å². The number of aromatic nitrogens is 7. The van der Waals surface area contributed by atoms with Crippen molar-refractivity contribution in [2.24, 2.45) is 14.1 Å². The number of pyridine rings is 2. The van der Waals surface area contributed by atoms with Crippen molar-refractivity contribution in [3.8, 4) is 28.3 Å². The lowest BCUT2D eigenvalue weighted by Crippen LogP contribution is -2.46. The van der Waals surface area contributed by atoms with E-state index < -0.39 is 0 Å². The van der Waals surface area contributed by atoms with Crippen molar-refractivity contribution in [3.05, 3.63) is 72.2 Å². The van der Waals surface area contributed by atoms with Crippen LogP contribution in [0.3, 0.4) is 0 Å². The summed E-state index contributed by atoms with van der Waals surface area (Å²) < 4.78 is 5.43. The third-order valence-electron chi connectivity index (χ3n) is 7.01. The Morgan fingerprint density at radius 1 is 0.892 bits per heavy atom. The third kappa shape index (κ3) is 4.34. The Morgan fingerprint density at radius 2 is 1.73 bits per heavy atom. The molecule has 0 saturated carbocycles. The van der Waals surface area contributed by atoms with Gasteiger partial charge in [0.25, 0.3) is 0 Å². The second-order valence-corrected chi connectivity index (χ2v) is 9.61. The van der Waals surface area contributed by atoms with Gasteiger partial charge in [-0.15, -0.1) is 0 Å². The molecule has 0 spiro atoms. The van der Waals surface area contributed by atoms with Crippen LogP contribution in [-0.2, 0) is 20.6 Å². The Hall–Kier alpha value is -4.49. The summed E-state index contributed by atoms with van der Waals surface area (Å²) in [6.07, 6.45) is 11.3. The lowest BCUT2D eigenvalue weighted by atomic mass is 10.0. The molecule has 0 aliphatic carbocycles. The number of hydrogen-bond donors (Lipinski definition) is 0. The molecule has 0 amide bonds. The van der Waals surface area contributed by atoms with Gasteiger partial charge in [-0.2, -0.15) is 20.6 Å². The van der Waals surface area contributed by atoms with Crippen LogP contribution in [-0.4, -0.2) is 65.2 Å². The van der Waals surface area contributed by atoms with Crippen molar-refractivity contribution in [2.75, 3.05) is 31.1 Å². The molecule has 0 atom stereocenters. The molecule has 6 rings (SSSR count). The molecule has 1 fully saturated rings. The van der Waals surface area contributed by atoms with E-state index in [0.717, 1.165) is 72.0 Å². The highest BCUT2D eigenvalue weighted by Crippen LogP contribution is 2.32. The lowest BCUT2D eigenvalue weighted by molar-refractivity contribution is 0.245. The molecule has 5 aromatic rings. The first kappa shape index (κ1) is 22.9. The fourth-order valence-electron chi connectivity index (χ4n) is 5.04. The monoisotopic (exact) mass is 492 g/mol. The Kier molecular flexibility index (Phi) is 5.70. The van der Waals surface area contributed by atoms with Crippen LogP contribution in [0.1, 0.15) is 16.8 Å². The van der Waals surface area contributed by atoms with E-state index in [9.17, 15) is 5.26 Å². The molecule has 0 radical (unpaired) electrons. The predicted octanol–water partition coefficient (Wildman–Crippen LogP) is 3.03. The van der Waals surface area contributed by atoms with Crippen LogP contribution in [0.4, 0.5) is 5.82 Å². The highest BCUT2D eigenvalue weighted by molar-refractivity contribution is 5.87. The quantitative estimate of drug-likeness (QED) is 0.372. The average molecular weight is 493 g/mol. The normalized spacial score (nSPS) is 14.4. The van der Waals surface area contributed by atoms with Gasteiger partial charge in [-0.1, -0.05) is 0 Å². The van der Waals surface area contributed by atoms with Gasteiger partial charge in [0.05, 0.1) is 29.2 Å². The van der Waals surface area contributed by atoms with Gasteiger partial charge in [0.1, 0.15) is 11.9 Å². The Balaban J connectivity index is 1.24. The highest BCUT2D eigenvalue weighted by atomic mass is 15.3. The maximum absolute atomic E-state index is 9.68. The van der Waals surface area contributed by atoms with Gasteiger partial charge in [0, 0.05) is 93.9 Å². The van der Waals surface area contributed by atoms with E-state index >= 15 is 0 Å². The summed E-state index contributed by atoms with van der Waals surface area (Å²) in [7, 11) is 3.87. The van der Waals surface area contributed by atoms with Crippen LogP contribution in [0.15, 0.2) is 55.4 Å². The van der Waals surface area contributed by atoms with E-state index in [2.05, 4.69) is 62.5 Å². The number of anilines is 1. The molecular weight excluding hydrogens is 464 g/mol. The molecule has 5 aromatic heterocycles. The van der Waals surface area contributed by atoms with Crippen molar-refractivity contribution in [1.82, 2.24) is 39.1 Å². The molecule has 1 aliphatic heterocycles. The molecule has 6 heterocycles. The summed E-state index contributed by atoms with van der Waals surface area (Å²) in [4.78, 5) is 9.60. The summed E-state index contributed by atoms with van der Waals surface area (Å²) in [5.41, 5.74) is 7.54. The Labute approximate surface area is 215 Å². The third-order valence-corrected chi connectivity index (χ3v) is 7.01. The molecule has 10 heteroatoms. The Bertz CT molecular complexity index is 1610. The molecule has 0 aromatic carbocycles. The van der Waals surface area contributed by atoms with Crippen molar-refractivity contribution in [1.29, 1.82) is 5.26 Å². The SMILES string of the molecule is Cc1cn(C)nc1CN1CCN(c2ccc(-c3cc(-c4cnn(C)c4)cn4ncc(C#N)c34)cn2)CC1. The van der Waals surface area contributed by atoms with E-state index in [4.69, 9.17) is 4.98 Å². The topological polar surface area (TPSA) is 96.1 Å². The second kappa shape index (κ2) is 9.19. The van der Waals surface area contributed by atoms with Crippen molar-refractivity contribution in [3.63, 3.8) is 0 Å². The van der Waals surface area contributed by atoms with Gasteiger partial charge in [-0.05, 0) is 30.7 Å². The average Bonchev–Trinajstić information content (AvgIpc) is 3.62. The van der Waals surface area contributed by atoms with Gasteiger partial charge >= 0.3 is 0 Å². The van der Waals surface area contributed by atoms with E-state index in [1.807, 2.05) is 43.6 Å². The number of hydrogen-bond acceptors (Lipinski definition) is 7. The molecule has 186 valence electrons. The molecule has 0 bridgehead atoms. The van der Waals surface area contributed by atoms with Crippen molar-refractivity contribution >= 4 is 11.3 Å². The molecule has 0 N–H and O–H groups in total. The highest BCUT2D eigenvalue weighted by Gasteiger charge is 2.20. The Morgan fingerprint density at radius 3 is 2.38 bits per heavy atom. The first-order valence-corrected chi connectivity index (χ1v) is 12.3. The van der Waals surface area contributed by atoms with Crippen LogP contribution in [0.5, 0.6) is 0 Å². The lowest BCUT2D eigenvalue weighted by Gasteiger charge is -2.35. The summed E-state index contributed by atoms with van der Waals surface area (Å²) in [5.74, 6) is 0.964. The van der Waals surface area contributed by atoms with E-state index in [-0.39, 0.29) is 0 Å². The number of nitriles is 1. The maximum atomic E-state index is 9.68.